The molecular formula is C5H6F2O2. The van der Waals surface area contributed by atoms with E-state index in [0.717, 1.165) is 6.92 Å². The zero-order chi connectivity index (χ0) is 7.44. The van der Waals surface area contributed by atoms with Gasteiger partial charge in [-0.05, 0) is 6.92 Å². The number of carbonyl (C=O) groups excluding carboxylic acids is 1. The molecule has 0 saturated heterocycles. The van der Waals surface area contributed by atoms with Crippen molar-refractivity contribution in [3.05, 3.63) is 11.8 Å². The van der Waals surface area contributed by atoms with Gasteiger partial charge in [0.25, 0.3) is 6.43 Å². The van der Waals surface area contributed by atoms with Crippen molar-refractivity contribution < 1.29 is 18.7 Å². The number of halogens is 2. The topological polar surface area (TPSA) is 37.3 Å². The van der Waals surface area contributed by atoms with E-state index in [2.05, 4.69) is 0 Å². The molecule has 0 atom stereocenters. The van der Waals surface area contributed by atoms with Crippen molar-refractivity contribution in [3.63, 3.8) is 0 Å². The molecule has 0 aliphatic rings. The second-order valence-corrected chi connectivity index (χ2v) is 1.48. The minimum atomic E-state index is -2.95. The molecule has 0 unspecified atom stereocenters. The SMILES string of the molecule is CC(=O)/C=C(/O)C(F)F. The van der Waals surface area contributed by atoms with Crippen molar-refractivity contribution in [1.29, 1.82) is 0 Å². The summed E-state index contributed by atoms with van der Waals surface area (Å²) in [7, 11) is 0. The van der Waals surface area contributed by atoms with Gasteiger partial charge in [0.2, 0.25) is 0 Å². The molecule has 0 aromatic rings. The normalized spacial score (nSPS) is 12.2. The first-order valence-corrected chi connectivity index (χ1v) is 2.23. The van der Waals surface area contributed by atoms with Crippen LogP contribution in [0.3, 0.4) is 0 Å². The lowest BCUT2D eigenvalue weighted by Crippen LogP contribution is -1.97. The van der Waals surface area contributed by atoms with Gasteiger partial charge in [-0.2, -0.15) is 0 Å². The molecule has 0 spiro atoms. The molecule has 2 nitrogen and oxygen atoms in total. The third-order valence-corrected chi connectivity index (χ3v) is 0.575. The lowest BCUT2D eigenvalue weighted by atomic mass is 10.3. The van der Waals surface area contributed by atoms with Crippen LogP contribution in [0.1, 0.15) is 6.92 Å². The average Bonchev–Trinajstić information content (AvgIpc) is 1.63. The van der Waals surface area contributed by atoms with Crippen LogP contribution in [0.25, 0.3) is 0 Å². The van der Waals surface area contributed by atoms with Crippen molar-refractivity contribution in [1.82, 2.24) is 0 Å². The standard InChI is InChI=1S/C5H6F2O2/c1-3(8)2-4(9)5(6)7/h2,5,9H,1H3/b4-2+. The molecule has 0 aliphatic carbocycles. The van der Waals surface area contributed by atoms with E-state index in [1.165, 1.54) is 0 Å². The summed E-state index contributed by atoms with van der Waals surface area (Å²) in [5.41, 5.74) is 0. The van der Waals surface area contributed by atoms with Gasteiger partial charge in [-0.15, -0.1) is 0 Å². The highest BCUT2D eigenvalue weighted by molar-refractivity contribution is 5.87. The predicted octanol–water partition coefficient (Wildman–Crippen LogP) is 1.28. The van der Waals surface area contributed by atoms with Crippen molar-refractivity contribution in [2.75, 3.05) is 0 Å². The second kappa shape index (κ2) is 3.17. The largest absolute Gasteiger partial charge is 0.506 e. The summed E-state index contributed by atoms with van der Waals surface area (Å²) in [6, 6.07) is 0. The molecule has 0 radical (unpaired) electrons. The number of hydrogen-bond donors (Lipinski definition) is 1. The van der Waals surface area contributed by atoms with Crippen LogP contribution in [-0.4, -0.2) is 17.3 Å². The molecule has 0 saturated carbocycles. The Balaban J connectivity index is 4.00. The van der Waals surface area contributed by atoms with Gasteiger partial charge in [-0.1, -0.05) is 0 Å². The van der Waals surface area contributed by atoms with E-state index < -0.39 is 18.0 Å². The van der Waals surface area contributed by atoms with Crippen molar-refractivity contribution in [2.45, 2.75) is 13.3 Å². The monoisotopic (exact) mass is 136 g/mol. The van der Waals surface area contributed by atoms with Crippen LogP contribution < -0.4 is 0 Å². The Bertz CT molecular complexity index is 140. The predicted molar refractivity (Wildman–Crippen MR) is 27.4 cm³/mol. The molecule has 52 valence electrons. The summed E-state index contributed by atoms with van der Waals surface area (Å²) in [4.78, 5) is 9.99. The Morgan fingerprint density at radius 1 is 1.67 bits per heavy atom. The molecule has 0 aromatic heterocycles. The maximum Gasteiger partial charge on any atom is 0.294 e. The lowest BCUT2D eigenvalue weighted by Gasteiger charge is -1.92. The Hall–Kier alpha value is -0.930. The Kier molecular flexibility index (Phi) is 2.84. The molecule has 0 rings (SSSR count). The average molecular weight is 136 g/mol. The van der Waals surface area contributed by atoms with E-state index in [1.54, 1.807) is 0 Å². The highest BCUT2D eigenvalue weighted by atomic mass is 19.3. The minimum Gasteiger partial charge on any atom is -0.506 e. The van der Waals surface area contributed by atoms with Gasteiger partial charge in [-0.3, -0.25) is 4.79 Å². The third kappa shape index (κ3) is 3.64. The number of aliphatic hydroxyl groups excluding tert-OH is 1. The molecular weight excluding hydrogens is 130 g/mol. The van der Waals surface area contributed by atoms with Gasteiger partial charge in [-0.25, -0.2) is 8.78 Å². The van der Waals surface area contributed by atoms with E-state index >= 15 is 0 Å². The second-order valence-electron chi connectivity index (χ2n) is 1.48. The van der Waals surface area contributed by atoms with Gasteiger partial charge < -0.3 is 5.11 Å². The van der Waals surface area contributed by atoms with Crippen molar-refractivity contribution >= 4 is 5.78 Å². The van der Waals surface area contributed by atoms with E-state index in [4.69, 9.17) is 5.11 Å². The van der Waals surface area contributed by atoms with Gasteiger partial charge in [0.1, 0.15) is 0 Å². The Labute approximate surface area is 50.8 Å². The van der Waals surface area contributed by atoms with Gasteiger partial charge >= 0.3 is 0 Å². The molecule has 9 heavy (non-hydrogen) atoms. The van der Waals surface area contributed by atoms with Crippen molar-refractivity contribution in [2.24, 2.45) is 0 Å². The van der Waals surface area contributed by atoms with Crippen LogP contribution in [-0.2, 0) is 4.79 Å². The van der Waals surface area contributed by atoms with Gasteiger partial charge in [0.15, 0.2) is 11.5 Å². The van der Waals surface area contributed by atoms with E-state index in [1.807, 2.05) is 0 Å². The van der Waals surface area contributed by atoms with Crippen LogP contribution in [0.2, 0.25) is 0 Å². The third-order valence-electron chi connectivity index (χ3n) is 0.575. The summed E-state index contributed by atoms with van der Waals surface area (Å²) in [5.74, 6) is -1.77. The van der Waals surface area contributed by atoms with E-state index in [9.17, 15) is 13.6 Å². The van der Waals surface area contributed by atoms with E-state index in [0.29, 0.717) is 6.08 Å². The van der Waals surface area contributed by atoms with Gasteiger partial charge in [0.05, 0.1) is 0 Å². The fourth-order valence-electron chi connectivity index (χ4n) is 0.271. The van der Waals surface area contributed by atoms with Crippen LogP contribution in [0.5, 0.6) is 0 Å². The van der Waals surface area contributed by atoms with Crippen LogP contribution in [0.15, 0.2) is 11.8 Å². The van der Waals surface area contributed by atoms with Crippen LogP contribution in [0, 0.1) is 0 Å². The number of alkyl halides is 2. The number of allylic oxidation sites excluding steroid dienone is 2. The molecule has 0 aromatic carbocycles. The Morgan fingerprint density at radius 2 is 2.11 bits per heavy atom. The summed E-state index contributed by atoms with van der Waals surface area (Å²) in [5, 5.41) is 8.19. The smallest absolute Gasteiger partial charge is 0.294 e. The van der Waals surface area contributed by atoms with Crippen molar-refractivity contribution in [3.8, 4) is 0 Å². The molecule has 0 amide bonds. The summed E-state index contributed by atoms with van der Waals surface area (Å²) in [6.45, 7) is 1.08. The maximum absolute atomic E-state index is 11.3. The number of aliphatic hydroxyl groups is 1. The van der Waals surface area contributed by atoms with Crippen LogP contribution in [0.4, 0.5) is 8.78 Å². The minimum absolute atomic E-state index is 0.491. The first-order valence-electron chi connectivity index (χ1n) is 2.23. The summed E-state index contributed by atoms with van der Waals surface area (Å²) < 4.78 is 22.6. The number of ketones is 1. The quantitative estimate of drug-likeness (QED) is 0.458. The number of rotatable bonds is 2. The molecule has 0 fully saturated rings. The Morgan fingerprint density at radius 3 is 2.22 bits per heavy atom. The number of carbonyl (C=O) groups is 1. The zero-order valence-corrected chi connectivity index (χ0v) is 4.77. The summed E-state index contributed by atoms with van der Waals surface area (Å²) >= 11 is 0. The zero-order valence-electron chi connectivity index (χ0n) is 4.77. The first-order chi connectivity index (χ1) is 4.04. The maximum atomic E-state index is 11.3. The fraction of sp³-hybridized carbons (Fsp3) is 0.400. The summed E-state index contributed by atoms with van der Waals surface area (Å²) in [6.07, 6.45) is -2.46. The molecule has 1 N–H and O–H groups in total. The lowest BCUT2D eigenvalue weighted by molar-refractivity contribution is -0.112. The molecule has 0 aliphatic heterocycles. The van der Waals surface area contributed by atoms with Gasteiger partial charge in [0, 0.05) is 6.08 Å². The van der Waals surface area contributed by atoms with Crippen LogP contribution >= 0.6 is 0 Å². The highest BCUT2D eigenvalue weighted by Crippen LogP contribution is 2.03. The first kappa shape index (κ1) is 8.07. The molecule has 4 heteroatoms. The van der Waals surface area contributed by atoms with E-state index in [-0.39, 0.29) is 0 Å². The fourth-order valence-corrected chi connectivity index (χ4v) is 0.271. The molecule has 0 bridgehead atoms. The number of hydrogen-bond acceptors (Lipinski definition) is 2. The highest BCUT2D eigenvalue weighted by Gasteiger charge is 2.08. The molecule has 0 heterocycles.